The standard InChI is InChI=1S/C18H18ClN7O2S.C12H11ClN4O3.C9H9ClN4.C8H6ClIN4.C8H7ClINO.C6H5ClIN.CH4.117H/c1-11-22-24-25-26(11)15-7-6-12(10-14(15)19)16(23-28-13-4-2-3-5-13)17(27)21-18-20-8-9-29-18;1-3-20-12(19)11(18)8-4-5-10(9(13)6-8)17-7(2)14-15-16-17;1-6-3-4-9(8(10)5-6)14-7(2)11-12-13-14;1-5-11-12-13-14(5)8-3-2-6(10)4-7(8)9;1-5(12)11-8-3-2-6(10)4-7(8)9;7-5-3-4(8)1-2-6(5)9;;;;;;;;;;;;;;;;;;;;;;;;;;;;;;;;;;;;;;;;;;;;;;;;;;;;;;;;;;;;;;;;;;;;;;;;;;;;;;;;;;;;;;;;;;;;;;;;;;;;;;;;;;;;;;;;;;;;;;/h6-10,13H,2-5H2,1H3,(H,20,21,27);4-6H,3H2,1-2H3;3-5H,1-2H3;2-4H,1H3;2-4H,1H3,(H,11,12);1-3H,9H2;1H4;;;;;;;;;;;;;;;;;;;;;;;;;;;;;;;;;;;;;;;;;;;;;;;;;;;;;;;;;;;;;;;;;;;;;;;;;;;;;;;;;;;;;;;;;;;;;;;;;;;;;;;;;;;;;;;;;;;;;/q;;;;;;;117*-1/b23-16+;;;;;;;;;;;;;;;;;;;;;;;;;;;;;;;;;;;;;;;;;;;;;;;;;;;;;;;;;;;;;;;;;;;;;;;;;;;;;;;;;;;;;;;;;;;;;;;;;;;;;;;;;;;;;;;;;;;;;;;;;;;/i;;;;;;;117*1+1. The summed E-state index contributed by atoms with van der Waals surface area (Å²) in [6, 6.07) is 32.1. The first-order chi connectivity index (χ1) is 46.8. The molecule has 5 aromatic heterocycles. The molecular formula is C62H177Cl6I3N21O6S-117. The molecule has 1 aliphatic carbocycles. The lowest BCUT2D eigenvalue weighted by atomic mass is 10.1. The van der Waals surface area contributed by atoms with Gasteiger partial charge in [0.15, 0.2) is 34.1 Å². The molecule has 2 amide bonds. The number of thiazole rings is 1. The van der Waals surface area contributed by atoms with Crippen LogP contribution in [0, 0.1) is 45.3 Å². The van der Waals surface area contributed by atoms with Gasteiger partial charge in [0.25, 0.3) is 11.7 Å². The second kappa shape index (κ2) is 39.5. The fraction of sp³-hybridized carbons (Fsp3) is 0.226. The number of esters is 1. The molecule has 0 radical (unpaired) electrons. The molecule has 0 unspecified atom stereocenters. The summed E-state index contributed by atoms with van der Waals surface area (Å²) in [6.45, 7) is 12.4. The molecule has 4 N–H and O–H groups in total. The van der Waals surface area contributed by atoms with Gasteiger partial charge in [-0.1, -0.05) is 94.3 Å². The van der Waals surface area contributed by atoms with E-state index in [1.54, 1.807) is 84.2 Å². The molecule has 11 aromatic rings. The molecule has 0 saturated heterocycles. The third kappa shape index (κ3) is 23.8. The minimum absolute atomic E-state index is 0. The third-order valence-electron chi connectivity index (χ3n) is 13.0. The van der Waals surface area contributed by atoms with Gasteiger partial charge < -0.3 is 188 Å². The summed E-state index contributed by atoms with van der Waals surface area (Å²) in [5.74, 6) is 0.405. The Morgan fingerprint density at radius 2 is 1.02 bits per heavy atom. The van der Waals surface area contributed by atoms with E-state index in [1.807, 2.05) is 75.4 Å². The maximum atomic E-state index is 12.9. The van der Waals surface area contributed by atoms with E-state index in [4.69, 9.17) is 80.2 Å². The number of carbonyl (C=O) groups is 4. The molecule has 27 nitrogen and oxygen atoms in total. The average Bonchev–Trinajstić information content (AvgIpc) is 1.54. The van der Waals surface area contributed by atoms with Gasteiger partial charge in [-0.15, -0.1) is 31.7 Å². The van der Waals surface area contributed by atoms with Crippen molar-refractivity contribution < 1.29 is 196 Å². The number of benzene rings is 6. The first-order valence-corrected chi connectivity index (χ1v) is 35.1. The summed E-state index contributed by atoms with van der Waals surface area (Å²) in [5, 5.41) is 59.8. The van der Waals surface area contributed by atoms with Crippen molar-refractivity contribution in [2.45, 2.75) is 87.7 Å². The van der Waals surface area contributed by atoms with Crippen molar-refractivity contribution in [3.05, 3.63) is 202 Å². The van der Waals surface area contributed by atoms with E-state index < -0.39 is 17.7 Å². The Kier molecular flexibility index (Phi) is 32.1. The van der Waals surface area contributed by atoms with Crippen molar-refractivity contribution in [1.29, 1.82) is 0 Å². The van der Waals surface area contributed by atoms with Gasteiger partial charge in [0.05, 0.1) is 70.9 Å². The van der Waals surface area contributed by atoms with Crippen molar-refractivity contribution in [3.63, 3.8) is 0 Å². The lowest BCUT2D eigenvalue weighted by Crippen LogP contribution is -2.25. The second-order valence-electron chi connectivity index (χ2n) is 20.2. The van der Waals surface area contributed by atoms with Crippen LogP contribution < -0.4 is 16.4 Å². The third-order valence-corrected chi connectivity index (χ3v) is 17.5. The van der Waals surface area contributed by atoms with Crippen molar-refractivity contribution in [2.75, 3.05) is 23.0 Å². The number of nitrogens with zero attached hydrogens (tertiary/aromatic N) is 18. The number of anilines is 3. The maximum absolute atomic E-state index is 12.9. The van der Waals surface area contributed by atoms with E-state index in [1.165, 1.54) is 39.8 Å². The lowest BCUT2D eigenvalue weighted by molar-refractivity contribution is -0.137. The number of halogens is 9. The highest BCUT2D eigenvalue weighted by Crippen LogP contribution is 2.29. The summed E-state index contributed by atoms with van der Waals surface area (Å²) in [6.07, 6.45) is 5.72. The summed E-state index contributed by atoms with van der Waals surface area (Å²) < 4.78 is 14.1. The Morgan fingerprint density at radius 1 is 0.586 bits per heavy atom. The number of hydrogen-bond acceptors (Lipinski definition) is 22. The molecule has 0 aliphatic heterocycles. The van der Waals surface area contributed by atoms with E-state index in [-0.39, 0.29) is 209 Å². The number of ether oxygens (including phenoxy) is 1. The number of aromatic nitrogens is 17. The minimum atomic E-state index is -0.907. The highest BCUT2D eigenvalue weighted by atomic mass is 127. The van der Waals surface area contributed by atoms with Crippen molar-refractivity contribution in [2.24, 2.45) is 5.16 Å². The van der Waals surface area contributed by atoms with E-state index in [9.17, 15) is 19.2 Å². The highest BCUT2D eigenvalue weighted by Gasteiger charge is 2.23. The normalized spacial score (nSPS) is 11.5. The average molecular weight is 2060 g/mol. The van der Waals surface area contributed by atoms with Crippen molar-refractivity contribution >= 4 is 194 Å². The van der Waals surface area contributed by atoms with Crippen molar-refractivity contribution in [1.82, 2.24) is 85.8 Å². The van der Waals surface area contributed by atoms with Crippen LogP contribution in [0.3, 0.4) is 0 Å². The molecule has 1 saturated carbocycles. The van der Waals surface area contributed by atoms with Gasteiger partial charge in [0.2, 0.25) is 5.91 Å². The second-order valence-corrected chi connectivity index (χ2v) is 27.3. The van der Waals surface area contributed by atoms with E-state index in [0.717, 1.165) is 59.2 Å². The zero-order valence-electron chi connectivity index (χ0n) is 170. The van der Waals surface area contributed by atoms with Crippen LogP contribution in [0.25, 0.3) is 22.7 Å². The van der Waals surface area contributed by atoms with Gasteiger partial charge >= 0.3 is 5.97 Å². The monoisotopic (exact) mass is 2050 g/mol. The van der Waals surface area contributed by atoms with Crippen LogP contribution in [0.2, 0.25) is 30.1 Å². The van der Waals surface area contributed by atoms with E-state index >= 15 is 0 Å². The van der Waals surface area contributed by atoms with Crippen LogP contribution in [-0.4, -0.2) is 128 Å². The van der Waals surface area contributed by atoms with Crippen LogP contribution in [0.5, 0.6) is 0 Å². The van der Waals surface area contributed by atoms with Gasteiger partial charge in [-0.3, -0.25) is 19.7 Å². The highest BCUT2D eigenvalue weighted by molar-refractivity contribution is 14.1. The number of nitrogens with two attached hydrogens (primary N) is 1. The van der Waals surface area contributed by atoms with E-state index in [2.05, 4.69) is 155 Å². The predicted molar refractivity (Wildman–Crippen MR) is 539 cm³/mol. The number of carbonyl (C=O) groups excluding carboxylic acids is 4. The molecular weight excluding hydrogens is 1760 g/mol. The molecule has 6 aromatic carbocycles. The van der Waals surface area contributed by atoms with Crippen LogP contribution in [-0.2, 0) is 24.0 Å². The Bertz CT molecular complexity index is 4720. The SMILES string of the molecule is C.CC(=O)Nc1ccc(I)cc1Cl.CCOC(=O)C(=O)c1ccc(-n2nnnc2C)c(Cl)c1.Cc1ccc(-n2nnnc2C)c(Cl)c1.Cc1nnnn1-c1ccc(/C(=N\OC2CCCC2)C(=O)Nc2nccs2)cc1Cl.Cc1nnnn1-c1ccc(I)cc1Cl.Nc1ccc(I)cc1Cl.[2H-].[2H-].[2H-].[2H-].[2H-].[2H-].[2H-].[2H-].[2H-].[2H-].[2H-].[2H-].[2H-].[2H-].[2H-].[2H-].[2H-].[2H-].[2H-].[2H-].[2H-].[2H-].[2H-].[2H-].[2H-].[2H-].[2H-].[2H-].[2H-].[2H-].[2H-].[2H-].[2H-].[2H-].[2H-].[2H-].[2H-].[2H-].[2H-].[2H-].[2H-].[2H-].[2H-].[2H-].[2H-].[2H-].[2H-].[2H-].[2H-].[2H-].[2H-].[2H-].[2H-].[2H-].[2H-].[2H-].[2H-].[2H-].[2H-].[2H-].[2H-].[2H-].[2H-].[2H-].[2H-].[2H-].[2H-].[2H-].[2H-].[2H-].[2H-].[2H-].[2H-].[2H-].[2H-].[2H-].[2H-].[2H-].[2H-].[2H-].[2H-].[2H-].[2H-].[2H-].[2H-].[2H-].[2H-].[2H-].[2H-].[2H-].[2H-].[2H-].[2H-].[2H-].[2H-].[2H-].[2H-].[2H-].[2H-].[2H-].[2H-].[2H-].[2H-].[2H-].[2H-].[2H-].[2H-].[2H-].[2H-].[2H-].[2H-].[2H-].[2H-].[2H-].[2H-].[2H-].[2H-]. The molecule has 752 valence electrons. The zero-order chi connectivity index (χ0) is 71.2. The van der Waals surface area contributed by atoms with Gasteiger partial charge in [-0.05, 0) is 279 Å². The Labute approximate surface area is 816 Å². The molecule has 37 heteroatoms. The van der Waals surface area contributed by atoms with Gasteiger partial charge in [-0.2, -0.15) is 18.7 Å². The molecule has 0 atom stereocenters. The molecule has 12 rings (SSSR count). The summed E-state index contributed by atoms with van der Waals surface area (Å²) >= 11 is 44.1. The number of amides is 2. The van der Waals surface area contributed by atoms with E-state index in [0.29, 0.717) is 76.0 Å². The quantitative estimate of drug-likeness (QED) is 0.0184. The Morgan fingerprint density at radius 3 is 1.43 bits per heavy atom. The van der Waals surface area contributed by atoms with Crippen LogP contribution >= 0.6 is 149 Å². The van der Waals surface area contributed by atoms with Crippen LogP contribution in [0.1, 0.15) is 259 Å². The number of Topliss-reactive ketones (excluding diaryl/α,β-unsaturated/α-hetero) is 1. The van der Waals surface area contributed by atoms with Gasteiger partial charge in [-0.25, -0.2) is 9.78 Å². The number of nitrogens with one attached hydrogen (secondary N) is 2. The number of hydrogen-bond donors (Lipinski definition) is 3. The largest absolute Gasteiger partial charge is 1.00 e. The number of aryl methyl sites for hydroxylation is 5. The fourth-order valence-electron chi connectivity index (χ4n) is 8.28. The van der Waals surface area contributed by atoms with Crippen LogP contribution in [0.15, 0.2) is 126 Å². The fourth-order valence-corrected chi connectivity index (χ4v) is 12.3. The first-order valence-electron chi connectivity index (χ1n) is 28.7. The topological polar surface area (TPSA) is 336 Å². The molecule has 99 heavy (non-hydrogen) atoms. The lowest BCUT2D eigenvalue weighted by Gasteiger charge is -2.12. The predicted octanol–water partition coefficient (Wildman–Crippen LogP) is 28.1. The van der Waals surface area contributed by atoms with Gasteiger partial charge in [0, 0.05) is 40.3 Å². The summed E-state index contributed by atoms with van der Waals surface area (Å²) in [4.78, 5) is 56.4. The summed E-state index contributed by atoms with van der Waals surface area (Å²) in [7, 11) is 0. The molecule has 0 bridgehead atoms. The summed E-state index contributed by atoms with van der Waals surface area (Å²) in [5.41, 5.74) is 11.4. The number of nitrogen functional groups attached to an aromatic ring is 1. The maximum Gasteiger partial charge on any atom is 0.379 e. The number of ketones is 1. The Hall–Kier alpha value is -7.49. The molecule has 1 aliphatic rings. The number of rotatable bonds is 13. The Balaban J connectivity index is -0.00000000500. The number of oxime groups is 1. The molecule has 1 fully saturated rings. The van der Waals surface area contributed by atoms with Crippen molar-refractivity contribution in [3.8, 4) is 22.7 Å². The molecule has 5 heterocycles. The van der Waals surface area contributed by atoms with Crippen LogP contribution in [0.4, 0.5) is 16.5 Å². The smallest absolute Gasteiger partial charge is 0.379 e. The van der Waals surface area contributed by atoms with Gasteiger partial charge in [0.1, 0.15) is 6.10 Å². The minimum Gasteiger partial charge on any atom is -1.00 e. The number of tetrazole rings is 4. The first kappa shape index (κ1) is 80.5. The zero-order valence-corrected chi connectivity index (χ0v) is 64.4. The molecule has 0 spiro atoms.